The monoisotopic (exact) mass is 525 g/mol. The number of benzene rings is 2. The van der Waals surface area contributed by atoms with Gasteiger partial charge in [0.05, 0.1) is 6.61 Å². The van der Waals surface area contributed by atoms with Gasteiger partial charge in [-0.2, -0.15) is 0 Å². The Morgan fingerprint density at radius 1 is 1.13 bits per heavy atom. The highest BCUT2D eigenvalue weighted by molar-refractivity contribution is 5.84. The molecule has 4 nitrogen and oxygen atoms in total. The molecule has 5 heteroatoms. The lowest BCUT2D eigenvalue weighted by Crippen LogP contribution is -2.48. The minimum absolute atomic E-state index is 0.174. The van der Waals surface area contributed by atoms with Crippen molar-refractivity contribution in [2.45, 2.75) is 57.2 Å². The molecule has 2 aromatic carbocycles. The minimum Gasteiger partial charge on any atom is -0.378 e. The molecule has 1 heterocycles. The highest BCUT2D eigenvalue weighted by atomic mass is 19.1. The molecule has 1 saturated heterocycles. The lowest BCUT2D eigenvalue weighted by molar-refractivity contribution is -0.118. The molecule has 39 heavy (non-hydrogen) atoms. The van der Waals surface area contributed by atoms with Crippen molar-refractivity contribution >= 4 is 11.5 Å². The van der Waals surface area contributed by atoms with E-state index in [9.17, 15) is 14.3 Å². The van der Waals surface area contributed by atoms with E-state index in [1.54, 1.807) is 12.1 Å². The summed E-state index contributed by atoms with van der Waals surface area (Å²) in [6, 6.07) is 14.8. The molecular weight excluding hydrogens is 489 g/mol. The highest BCUT2D eigenvalue weighted by Gasteiger charge is 2.61. The van der Waals surface area contributed by atoms with Gasteiger partial charge in [-0.3, -0.25) is 4.79 Å². The van der Waals surface area contributed by atoms with Crippen LogP contribution < -0.4 is 4.90 Å². The summed E-state index contributed by atoms with van der Waals surface area (Å²) in [5.74, 6) is 6.59. The molecular formula is C34H36FNO3. The Morgan fingerprint density at radius 3 is 2.67 bits per heavy atom. The largest absolute Gasteiger partial charge is 0.378 e. The number of fused-ring (bicyclic) bond motifs is 4. The number of carbonyl (C=O) groups excluding carboxylic acids is 1. The second kappa shape index (κ2) is 9.77. The molecule has 0 bridgehead atoms. The van der Waals surface area contributed by atoms with Crippen LogP contribution in [0.25, 0.3) is 0 Å². The topological polar surface area (TPSA) is 49.8 Å². The molecule has 0 spiro atoms. The Hall–Kier alpha value is -3.20. The van der Waals surface area contributed by atoms with Crippen LogP contribution in [0.5, 0.6) is 0 Å². The van der Waals surface area contributed by atoms with Crippen molar-refractivity contribution in [3.8, 4) is 11.8 Å². The molecule has 0 aromatic heterocycles. The molecule has 2 aromatic rings. The zero-order valence-electron chi connectivity index (χ0n) is 23.0. The molecule has 3 aliphatic carbocycles. The molecule has 6 rings (SSSR count). The van der Waals surface area contributed by atoms with E-state index < -0.39 is 11.0 Å². The van der Waals surface area contributed by atoms with E-state index in [1.165, 1.54) is 28.9 Å². The number of carbonyl (C=O) groups is 1. The Bertz CT molecular complexity index is 1430. The molecule has 2 saturated carbocycles. The molecule has 202 valence electrons. The van der Waals surface area contributed by atoms with Crippen LogP contribution in [0.2, 0.25) is 0 Å². The van der Waals surface area contributed by atoms with Crippen molar-refractivity contribution in [1.82, 2.24) is 0 Å². The number of halogens is 1. The Kier molecular flexibility index (Phi) is 6.52. The number of aliphatic hydroxyl groups is 1. The number of anilines is 1. The minimum atomic E-state index is -1.25. The van der Waals surface area contributed by atoms with E-state index in [2.05, 4.69) is 54.0 Å². The van der Waals surface area contributed by atoms with Gasteiger partial charge in [-0.25, -0.2) is 4.39 Å². The van der Waals surface area contributed by atoms with Crippen LogP contribution in [0.4, 0.5) is 10.1 Å². The molecule has 0 amide bonds. The van der Waals surface area contributed by atoms with E-state index in [0.29, 0.717) is 37.2 Å². The van der Waals surface area contributed by atoms with Crippen molar-refractivity contribution < 1.29 is 19.0 Å². The van der Waals surface area contributed by atoms with Crippen LogP contribution >= 0.6 is 0 Å². The number of Topliss-reactive ketones (excluding diaryl/α,β-unsaturated/α-hetero) is 1. The van der Waals surface area contributed by atoms with E-state index in [1.807, 2.05) is 14.1 Å². The number of nitrogens with zero attached hydrogens (tertiary/aromatic N) is 1. The van der Waals surface area contributed by atoms with Crippen LogP contribution in [0.1, 0.15) is 62.7 Å². The maximum absolute atomic E-state index is 13.8. The number of allylic oxidation sites excluding steroid dienone is 3. The lowest BCUT2D eigenvalue weighted by atomic mass is 9.62. The highest BCUT2D eigenvalue weighted by Crippen LogP contribution is 2.61. The van der Waals surface area contributed by atoms with Gasteiger partial charge in [0.2, 0.25) is 0 Å². The second-order valence-electron chi connectivity index (χ2n) is 12.1. The number of hydrogen-bond acceptors (Lipinski definition) is 4. The summed E-state index contributed by atoms with van der Waals surface area (Å²) in [5.41, 5.74) is 4.69. The third kappa shape index (κ3) is 4.44. The molecule has 1 aliphatic heterocycles. The van der Waals surface area contributed by atoms with Gasteiger partial charge in [0.1, 0.15) is 23.3 Å². The van der Waals surface area contributed by atoms with Crippen LogP contribution in [0.15, 0.2) is 71.3 Å². The summed E-state index contributed by atoms with van der Waals surface area (Å²) in [7, 11) is 4.06. The molecule has 1 N–H and O–H groups in total. The van der Waals surface area contributed by atoms with Crippen LogP contribution in [-0.2, 0) is 9.53 Å². The van der Waals surface area contributed by atoms with Crippen molar-refractivity contribution in [1.29, 1.82) is 0 Å². The second-order valence-corrected chi connectivity index (χ2v) is 12.1. The first-order chi connectivity index (χ1) is 18.7. The van der Waals surface area contributed by atoms with Crippen molar-refractivity contribution in [2.75, 3.05) is 25.6 Å². The normalized spacial score (nSPS) is 31.8. The summed E-state index contributed by atoms with van der Waals surface area (Å²) in [6.07, 6.45) is 6.09. The standard InChI is InChI=1S/C34H36FNO3/c1-33-21-39-32(23-7-10-26(11-8-23)36(2)3)31-28-14-12-27(37)20-24(28)9-13-29(31)30(33)16-18-34(33,38)17-15-22-5-4-6-25(35)19-22/h4-11,19,29-30,32,38H,12-14,16,18,20-21H2,1-3H3/t29?,30?,32-,33+,34+/m1/s1. The maximum atomic E-state index is 13.8. The fraction of sp³-hybridized carbons (Fsp3) is 0.441. The fourth-order valence-corrected chi connectivity index (χ4v) is 7.37. The molecule has 0 radical (unpaired) electrons. The molecule has 4 aliphatic rings. The fourth-order valence-electron chi connectivity index (χ4n) is 7.37. The Balaban J connectivity index is 1.43. The number of rotatable bonds is 2. The lowest BCUT2D eigenvalue weighted by Gasteiger charge is -2.42. The van der Waals surface area contributed by atoms with E-state index in [0.717, 1.165) is 30.5 Å². The third-order valence-electron chi connectivity index (χ3n) is 9.64. The smallest absolute Gasteiger partial charge is 0.137 e. The number of ketones is 1. The van der Waals surface area contributed by atoms with Crippen molar-refractivity contribution in [2.24, 2.45) is 17.3 Å². The van der Waals surface area contributed by atoms with E-state index in [4.69, 9.17) is 4.74 Å². The first kappa shape index (κ1) is 26.0. The summed E-state index contributed by atoms with van der Waals surface area (Å²) in [4.78, 5) is 14.4. The van der Waals surface area contributed by atoms with Gasteiger partial charge in [0, 0.05) is 43.6 Å². The average Bonchev–Trinajstić information content (AvgIpc) is 3.09. The van der Waals surface area contributed by atoms with Gasteiger partial charge >= 0.3 is 0 Å². The zero-order valence-corrected chi connectivity index (χ0v) is 23.0. The average molecular weight is 526 g/mol. The van der Waals surface area contributed by atoms with Crippen LogP contribution in [-0.4, -0.2) is 37.2 Å². The molecule has 3 fully saturated rings. The molecule has 5 atom stereocenters. The van der Waals surface area contributed by atoms with Gasteiger partial charge in [-0.15, -0.1) is 0 Å². The predicted octanol–water partition coefficient (Wildman–Crippen LogP) is 6.16. The first-order valence-corrected chi connectivity index (χ1v) is 14.0. The molecule has 2 unspecified atom stereocenters. The van der Waals surface area contributed by atoms with Gasteiger partial charge in [0.15, 0.2) is 0 Å². The Morgan fingerprint density at radius 2 is 1.92 bits per heavy atom. The SMILES string of the molecule is CN(C)c1ccc([C@H]2OC[C@@]3(C)C(CC[C@@]3(O)C#Cc3cccc(F)c3)C3CC=C4CC(=O)CCC4=C32)cc1. The van der Waals surface area contributed by atoms with E-state index in [-0.39, 0.29) is 23.8 Å². The summed E-state index contributed by atoms with van der Waals surface area (Å²) in [6.45, 7) is 2.49. The zero-order chi connectivity index (χ0) is 27.4. The van der Waals surface area contributed by atoms with Crippen LogP contribution in [0.3, 0.4) is 0 Å². The number of ether oxygens (including phenoxy) is 1. The summed E-state index contributed by atoms with van der Waals surface area (Å²) >= 11 is 0. The number of hydrogen-bond donors (Lipinski definition) is 1. The van der Waals surface area contributed by atoms with Gasteiger partial charge < -0.3 is 14.7 Å². The predicted molar refractivity (Wildman–Crippen MR) is 151 cm³/mol. The van der Waals surface area contributed by atoms with Gasteiger partial charge in [-0.05, 0) is 90.1 Å². The third-order valence-corrected chi connectivity index (χ3v) is 9.64. The summed E-state index contributed by atoms with van der Waals surface area (Å²) < 4.78 is 20.6. The van der Waals surface area contributed by atoms with Gasteiger partial charge in [0.25, 0.3) is 0 Å². The van der Waals surface area contributed by atoms with E-state index >= 15 is 0 Å². The van der Waals surface area contributed by atoms with Crippen molar-refractivity contribution in [3.05, 3.63) is 88.3 Å². The van der Waals surface area contributed by atoms with Gasteiger partial charge in [-0.1, -0.05) is 43.0 Å². The van der Waals surface area contributed by atoms with Crippen molar-refractivity contribution in [3.63, 3.8) is 0 Å². The summed E-state index contributed by atoms with van der Waals surface area (Å²) in [5, 5.41) is 12.1. The van der Waals surface area contributed by atoms with Crippen LogP contribution in [0, 0.1) is 34.9 Å². The maximum Gasteiger partial charge on any atom is 0.137 e. The Labute approximate surface area is 230 Å². The first-order valence-electron chi connectivity index (χ1n) is 14.0. The quantitative estimate of drug-likeness (QED) is 0.478.